The Morgan fingerprint density at radius 3 is 2.52 bits per heavy atom. The molecule has 2 fully saturated rings. The third-order valence-electron chi connectivity index (χ3n) is 6.80. The first-order valence-corrected chi connectivity index (χ1v) is 11.4. The van der Waals surface area contributed by atoms with E-state index in [0.29, 0.717) is 12.0 Å². The number of benzene rings is 1. The van der Waals surface area contributed by atoms with Crippen LogP contribution in [0.15, 0.2) is 24.3 Å². The van der Waals surface area contributed by atoms with Gasteiger partial charge in [0, 0.05) is 25.4 Å². The predicted octanol–water partition coefficient (Wildman–Crippen LogP) is 4.86. The number of carbonyl (C=O) groups excluding carboxylic acids is 1. The van der Waals surface area contributed by atoms with E-state index in [9.17, 15) is 4.79 Å². The van der Waals surface area contributed by atoms with Gasteiger partial charge in [-0.3, -0.25) is 4.79 Å². The van der Waals surface area contributed by atoms with Crippen molar-refractivity contribution in [2.75, 3.05) is 32.1 Å². The van der Waals surface area contributed by atoms with Crippen LogP contribution in [-0.4, -0.2) is 49.3 Å². The molecule has 1 aliphatic carbocycles. The summed E-state index contributed by atoms with van der Waals surface area (Å²) in [6.07, 6.45) is 8.67. The maximum absolute atomic E-state index is 12.8. The van der Waals surface area contributed by atoms with Crippen LogP contribution < -0.4 is 10.1 Å². The molecule has 1 N–H and O–H groups in total. The normalized spacial score (nSPS) is 28.1. The zero-order chi connectivity index (χ0) is 20.7. The van der Waals surface area contributed by atoms with Gasteiger partial charge in [-0.2, -0.15) is 0 Å². The van der Waals surface area contributed by atoms with Crippen molar-refractivity contribution in [2.24, 2.45) is 5.92 Å². The molecule has 0 aromatic heterocycles. The second-order valence-corrected chi connectivity index (χ2v) is 8.94. The van der Waals surface area contributed by atoms with Crippen molar-refractivity contribution < 1.29 is 14.3 Å². The molecule has 29 heavy (non-hydrogen) atoms. The number of rotatable bonds is 8. The molecular weight excluding hydrogens is 364 g/mol. The Balaban J connectivity index is 1.43. The van der Waals surface area contributed by atoms with Crippen LogP contribution in [0.1, 0.15) is 65.2 Å². The molecule has 1 aliphatic heterocycles. The first kappa shape index (κ1) is 22.1. The minimum absolute atomic E-state index is 0.0313. The number of hydrogen-bond acceptors (Lipinski definition) is 4. The van der Waals surface area contributed by atoms with Crippen LogP contribution >= 0.6 is 0 Å². The highest BCUT2D eigenvalue weighted by atomic mass is 16.5. The lowest BCUT2D eigenvalue weighted by Crippen LogP contribution is -2.47. The maximum Gasteiger partial charge on any atom is 0.256 e. The molecule has 1 atom stereocenters. The number of methoxy groups -OCH3 is 1. The fourth-order valence-electron chi connectivity index (χ4n) is 4.58. The van der Waals surface area contributed by atoms with E-state index in [-0.39, 0.29) is 5.91 Å². The maximum atomic E-state index is 12.8. The molecule has 5 heteroatoms. The Hall–Kier alpha value is -1.59. The predicted molar refractivity (Wildman–Crippen MR) is 117 cm³/mol. The number of piperidine rings is 1. The Labute approximate surface area is 176 Å². The van der Waals surface area contributed by atoms with Gasteiger partial charge < -0.3 is 19.7 Å². The monoisotopic (exact) mass is 402 g/mol. The third-order valence-corrected chi connectivity index (χ3v) is 6.80. The Morgan fingerprint density at radius 2 is 1.86 bits per heavy atom. The van der Waals surface area contributed by atoms with Crippen LogP contribution in [0, 0.1) is 5.92 Å². The number of hydrogen-bond donors (Lipinski definition) is 1. The van der Waals surface area contributed by atoms with Crippen molar-refractivity contribution in [3.8, 4) is 5.75 Å². The molecule has 1 aromatic rings. The van der Waals surface area contributed by atoms with Crippen LogP contribution in [0.25, 0.3) is 0 Å². The average molecular weight is 403 g/mol. The Kier molecular flexibility index (Phi) is 7.96. The zero-order valence-electron chi connectivity index (χ0n) is 18.4. The van der Waals surface area contributed by atoms with Gasteiger partial charge in [-0.15, -0.1) is 0 Å². The van der Waals surface area contributed by atoms with Crippen molar-refractivity contribution in [3.05, 3.63) is 24.3 Å². The van der Waals surface area contributed by atoms with Gasteiger partial charge in [0.25, 0.3) is 5.91 Å². The largest absolute Gasteiger partial charge is 0.494 e. The quantitative estimate of drug-likeness (QED) is 0.631. The average Bonchev–Trinajstić information content (AvgIpc) is 2.74. The molecular formula is C24H38N2O3. The fraction of sp³-hybridized carbons (Fsp3) is 0.708. The van der Waals surface area contributed by atoms with Crippen LogP contribution in [0.2, 0.25) is 0 Å². The molecule has 3 rings (SSSR count). The topological polar surface area (TPSA) is 50.8 Å². The second kappa shape index (κ2) is 10.4. The molecule has 0 bridgehead atoms. The lowest BCUT2D eigenvalue weighted by molar-refractivity contribution is -0.142. The highest BCUT2D eigenvalue weighted by molar-refractivity contribution is 5.97. The van der Waals surface area contributed by atoms with Crippen LogP contribution in [0.3, 0.4) is 0 Å². The minimum Gasteiger partial charge on any atom is -0.494 e. The summed E-state index contributed by atoms with van der Waals surface area (Å²) in [4.78, 5) is 15.4. The number of anilines is 1. The molecule has 5 nitrogen and oxygen atoms in total. The van der Waals surface area contributed by atoms with Crippen molar-refractivity contribution in [2.45, 2.75) is 76.9 Å². The van der Waals surface area contributed by atoms with E-state index >= 15 is 0 Å². The van der Waals surface area contributed by atoms with Gasteiger partial charge in [0.15, 0.2) is 0 Å². The number of nitrogens with one attached hydrogen (secondary N) is 1. The molecule has 0 spiro atoms. The molecule has 1 amide bonds. The van der Waals surface area contributed by atoms with Gasteiger partial charge in [0.1, 0.15) is 11.4 Å². The van der Waals surface area contributed by atoms with E-state index < -0.39 is 5.60 Å². The van der Waals surface area contributed by atoms with Gasteiger partial charge >= 0.3 is 0 Å². The van der Waals surface area contributed by atoms with Gasteiger partial charge in [-0.05, 0) is 88.6 Å². The van der Waals surface area contributed by atoms with Crippen molar-refractivity contribution >= 4 is 11.6 Å². The number of amides is 1. The second-order valence-electron chi connectivity index (χ2n) is 8.94. The van der Waals surface area contributed by atoms with E-state index in [4.69, 9.17) is 9.47 Å². The number of carbonyl (C=O) groups is 1. The summed E-state index contributed by atoms with van der Waals surface area (Å²) in [5.74, 6) is 1.49. The lowest BCUT2D eigenvalue weighted by Gasteiger charge is -2.36. The lowest BCUT2D eigenvalue weighted by atomic mass is 9.79. The SMILES string of the molecule is COC1(C(=O)Nc2ccc(OCCCN3CCCC[C@@H]3C)cc2)CCC(C)CC1. The molecule has 2 aliphatic rings. The molecule has 1 aromatic carbocycles. The highest BCUT2D eigenvalue weighted by Crippen LogP contribution is 2.35. The standard InChI is InChI=1S/C24H38N2O3/c1-19-12-14-24(28-3,15-13-19)23(27)25-21-8-10-22(11-9-21)29-18-6-17-26-16-5-4-7-20(26)2/h8-11,19-20H,4-7,12-18H2,1-3H3,(H,25,27)/t19?,20-,24?/m0/s1. The summed E-state index contributed by atoms with van der Waals surface area (Å²) in [6, 6.07) is 8.39. The van der Waals surface area contributed by atoms with E-state index in [2.05, 4.69) is 24.1 Å². The molecule has 0 unspecified atom stereocenters. The first-order valence-electron chi connectivity index (χ1n) is 11.4. The van der Waals surface area contributed by atoms with Gasteiger partial charge in [0.05, 0.1) is 6.61 Å². The van der Waals surface area contributed by atoms with Gasteiger partial charge in [0.2, 0.25) is 0 Å². The number of nitrogens with zero attached hydrogens (tertiary/aromatic N) is 1. The number of ether oxygens (including phenoxy) is 2. The van der Waals surface area contributed by atoms with E-state index in [1.807, 2.05) is 24.3 Å². The third kappa shape index (κ3) is 5.95. The Bertz CT molecular complexity index is 638. The van der Waals surface area contributed by atoms with Gasteiger partial charge in [-0.1, -0.05) is 13.3 Å². The smallest absolute Gasteiger partial charge is 0.256 e. The first-order chi connectivity index (χ1) is 14.0. The zero-order valence-corrected chi connectivity index (χ0v) is 18.4. The molecule has 0 radical (unpaired) electrons. The summed E-state index contributed by atoms with van der Waals surface area (Å²) in [5, 5.41) is 3.03. The van der Waals surface area contributed by atoms with Crippen LogP contribution in [-0.2, 0) is 9.53 Å². The highest BCUT2D eigenvalue weighted by Gasteiger charge is 2.41. The van der Waals surface area contributed by atoms with E-state index in [0.717, 1.165) is 56.7 Å². The van der Waals surface area contributed by atoms with Crippen LogP contribution in [0.5, 0.6) is 5.75 Å². The molecule has 1 saturated carbocycles. The van der Waals surface area contributed by atoms with Gasteiger partial charge in [-0.25, -0.2) is 0 Å². The molecule has 162 valence electrons. The van der Waals surface area contributed by atoms with Crippen molar-refractivity contribution in [1.29, 1.82) is 0 Å². The summed E-state index contributed by atoms with van der Waals surface area (Å²) in [5.41, 5.74) is 0.104. The Morgan fingerprint density at radius 1 is 1.14 bits per heavy atom. The van der Waals surface area contributed by atoms with Crippen molar-refractivity contribution in [1.82, 2.24) is 4.90 Å². The fourth-order valence-corrected chi connectivity index (χ4v) is 4.58. The van der Waals surface area contributed by atoms with E-state index in [1.165, 1.54) is 25.8 Å². The van der Waals surface area contributed by atoms with Crippen molar-refractivity contribution in [3.63, 3.8) is 0 Å². The molecule has 1 heterocycles. The molecule has 1 saturated heterocycles. The minimum atomic E-state index is -0.687. The summed E-state index contributed by atoms with van der Waals surface area (Å²) >= 11 is 0. The summed E-state index contributed by atoms with van der Waals surface area (Å²) in [7, 11) is 1.65. The summed E-state index contributed by atoms with van der Waals surface area (Å²) in [6.45, 7) is 7.61. The van der Waals surface area contributed by atoms with Crippen LogP contribution in [0.4, 0.5) is 5.69 Å². The number of likely N-dealkylation sites (tertiary alicyclic amines) is 1. The summed E-state index contributed by atoms with van der Waals surface area (Å²) < 4.78 is 11.6. The van der Waals surface area contributed by atoms with E-state index in [1.54, 1.807) is 7.11 Å².